The number of carbonyl (C=O) groups excluding carboxylic acids is 1. The van der Waals surface area contributed by atoms with Gasteiger partial charge in [0, 0.05) is 18.8 Å². The van der Waals surface area contributed by atoms with E-state index in [1.165, 1.54) is 11.4 Å². The number of esters is 1. The van der Waals surface area contributed by atoms with Crippen molar-refractivity contribution in [2.45, 2.75) is 23.8 Å². The molecule has 1 aromatic carbocycles. The Balaban J connectivity index is 2.14. The molecule has 0 saturated carbocycles. The van der Waals surface area contributed by atoms with E-state index in [1.807, 2.05) is 0 Å². The quantitative estimate of drug-likeness (QED) is 0.767. The smallest absolute Gasteiger partial charge is 0.309 e. The van der Waals surface area contributed by atoms with Gasteiger partial charge in [0.15, 0.2) is 0 Å². The van der Waals surface area contributed by atoms with Crippen LogP contribution in [0.15, 0.2) is 29.2 Å². The minimum absolute atomic E-state index is 0.0646. The lowest BCUT2D eigenvalue weighted by Crippen LogP contribution is -2.36. The van der Waals surface area contributed by atoms with Gasteiger partial charge in [-0.25, -0.2) is 8.42 Å². The molecule has 0 radical (unpaired) electrons. The van der Waals surface area contributed by atoms with Gasteiger partial charge in [-0.15, -0.1) is 0 Å². The Kier molecular flexibility index (Phi) is 5.29. The third-order valence-corrected chi connectivity index (χ3v) is 6.67. The molecule has 1 atom stereocenters. The summed E-state index contributed by atoms with van der Waals surface area (Å²) in [5.41, 5.74) is 0.736. The summed E-state index contributed by atoms with van der Waals surface area (Å²) in [6.07, 6.45) is 1.03. The van der Waals surface area contributed by atoms with Crippen LogP contribution in [0, 0.1) is 0 Å². The molecule has 1 aliphatic rings. The molecule has 1 unspecified atom stereocenters. The van der Waals surface area contributed by atoms with Crippen LogP contribution in [0.1, 0.15) is 12.0 Å². The average molecular weight is 329 g/mol. The fourth-order valence-corrected chi connectivity index (χ4v) is 4.94. The first kappa shape index (κ1) is 16.3. The molecule has 0 bridgehead atoms. The maximum absolute atomic E-state index is 12.5. The van der Waals surface area contributed by atoms with Crippen LogP contribution in [0.3, 0.4) is 0 Å². The van der Waals surface area contributed by atoms with Crippen LogP contribution < -0.4 is 0 Å². The lowest BCUT2D eigenvalue weighted by Gasteiger charge is -2.23. The number of sulfonamides is 1. The van der Waals surface area contributed by atoms with Crippen molar-refractivity contribution in [2.75, 3.05) is 25.7 Å². The Morgan fingerprint density at radius 2 is 2.05 bits per heavy atom. The van der Waals surface area contributed by atoms with Crippen molar-refractivity contribution in [1.29, 1.82) is 0 Å². The molecule has 116 valence electrons. The van der Waals surface area contributed by atoms with Gasteiger partial charge >= 0.3 is 5.97 Å². The van der Waals surface area contributed by atoms with Crippen LogP contribution in [0.2, 0.25) is 0 Å². The van der Waals surface area contributed by atoms with Gasteiger partial charge in [0.1, 0.15) is 0 Å². The normalized spacial score (nSPS) is 18.9. The van der Waals surface area contributed by atoms with Gasteiger partial charge in [-0.05, 0) is 29.9 Å². The van der Waals surface area contributed by atoms with Crippen LogP contribution in [0.25, 0.3) is 0 Å². The summed E-state index contributed by atoms with van der Waals surface area (Å²) in [5.74, 6) is 1.50. The van der Waals surface area contributed by atoms with Crippen molar-refractivity contribution in [3.63, 3.8) is 0 Å². The summed E-state index contributed by atoms with van der Waals surface area (Å²) in [6, 6.07) is 6.47. The van der Waals surface area contributed by atoms with Gasteiger partial charge in [-0.3, -0.25) is 4.79 Å². The topological polar surface area (TPSA) is 63.7 Å². The first-order chi connectivity index (χ1) is 9.95. The molecule has 1 aliphatic heterocycles. The Morgan fingerprint density at radius 1 is 1.38 bits per heavy atom. The van der Waals surface area contributed by atoms with E-state index in [9.17, 15) is 13.2 Å². The highest BCUT2D eigenvalue weighted by Gasteiger charge is 2.30. The van der Waals surface area contributed by atoms with Crippen molar-refractivity contribution in [1.82, 2.24) is 4.31 Å². The molecule has 0 aliphatic carbocycles. The number of thioether (sulfide) groups is 1. The lowest BCUT2D eigenvalue weighted by molar-refractivity contribution is -0.139. The summed E-state index contributed by atoms with van der Waals surface area (Å²) < 4.78 is 31.1. The van der Waals surface area contributed by atoms with Crippen molar-refractivity contribution < 1.29 is 17.9 Å². The predicted octanol–water partition coefficient (Wildman–Crippen LogP) is 1.53. The first-order valence-corrected chi connectivity index (χ1v) is 9.26. The van der Waals surface area contributed by atoms with Crippen LogP contribution >= 0.6 is 11.8 Å². The third-order valence-electron chi connectivity index (χ3n) is 3.60. The molecule has 1 aromatic rings. The number of benzene rings is 1. The van der Waals surface area contributed by atoms with Gasteiger partial charge in [-0.1, -0.05) is 12.1 Å². The molecular formula is C14H19NO4S2. The monoisotopic (exact) mass is 329 g/mol. The largest absolute Gasteiger partial charge is 0.469 e. The van der Waals surface area contributed by atoms with Crippen molar-refractivity contribution >= 4 is 27.8 Å². The maximum Gasteiger partial charge on any atom is 0.309 e. The molecule has 21 heavy (non-hydrogen) atoms. The standard InChI is InChI=1S/C14H19NO4S2/c1-15(12-7-8-20-10-12)21(17,18)13-5-3-11(4-6-13)9-14(16)19-2/h3-6,12H,7-10H2,1-2H3. The zero-order chi connectivity index (χ0) is 15.5. The molecule has 0 N–H and O–H groups in total. The number of rotatable bonds is 5. The summed E-state index contributed by atoms with van der Waals surface area (Å²) >= 11 is 1.78. The Morgan fingerprint density at radius 3 is 2.57 bits per heavy atom. The highest BCUT2D eigenvalue weighted by atomic mass is 32.2. The van der Waals surface area contributed by atoms with E-state index < -0.39 is 10.0 Å². The number of ether oxygens (including phenoxy) is 1. The van der Waals surface area contributed by atoms with E-state index in [4.69, 9.17) is 0 Å². The van der Waals surface area contributed by atoms with Gasteiger partial charge in [-0.2, -0.15) is 16.1 Å². The minimum Gasteiger partial charge on any atom is -0.469 e. The molecule has 1 saturated heterocycles. The molecule has 0 amide bonds. The Bertz CT molecular complexity index is 592. The number of methoxy groups -OCH3 is 1. The molecule has 1 heterocycles. The van der Waals surface area contributed by atoms with E-state index in [-0.39, 0.29) is 23.3 Å². The second kappa shape index (κ2) is 6.81. The zero-order valence-corrected chi connectivity index (χ0v) is 13.7. The summed E-state index contributed by atoms with van der Waals surface area (Å²) in [7, 11) is -0.507. The molecule has 0 aromatic heterocycles. The zero-order valence-electron chi connectivity index (χ0n) is 12.1. The van der Waals surface area contributed by atoms with Crippen LogP contribution in [0.4, 0.5) is 0 Å². The number of hydrogen-bond donors (Lipinski definition) is 0. The fraction of sp³-hybridized carbons (Fsp3) is 0.500. The van der Waals surface area contributed by atoms with Crippen molar-refractivity contribution in [3.8, 4) is 0 Å². The van der Waals surface area contributed by atoms with E-state index in [0.717, 1.165) is 23.5 Å². The molecule has 0 spiro atoms. The second-order valence-electron chi connectivity index (χ2n) is 4.94. The highest BCUT2D eigenvalue weighted by molar-refractivity contribution is 7.99. The fourth-order valence-electron chi connectivity index (χ4n) is 2.19. The summed E-state index contributed by atoms with van der Waals surface area (Å²) in [4.78, 5) is 11.5. The van der Waals surface area contributed by atoms with Gasteiger partial charge in [0.25, 0.3) is 0 Å². The van der Waals surface area contributed by atoms with Crippen molar-refractivity contribution in [3.05, 3.63) is 29.8 Å². The van der Waals surface area contributed by atoms with E-state index in [1.54, 1.807) is 43.1 Å². The summed E-state index contributed by atoms with van der Waals surface area (Å²) in [5, 5.41) is 0. The van der Waals surface area contributed by atoms with E-state index in [0.29, 0.717) is 0 Å². The number of nitrogens with zero attached hydrogens (tertiary/aromatic N) is 1. The minimum atomic E-state index is -3.47. The average Bonchev–Trinajstić information content (AvgIpc) is 3.01. The SMILES string of the molecule is COC(=O)Cc1ccc(S(=O)(=O)N(C)C2CCSC2)cc1. The predicted molar refractivity (Wildman–Crippen MR) is 82.8 cm³/mol. The Hall–Kier alpha value is -1.05. The molecular weight excluding hydrogens is 310 g/mol. The second-order valence-corrected chi connectivity index (χ2v) is 8.08. The molecule has 2 rings (SSSR count). The van der Waals surface area contributed by atoms with Crippen LogP contribution in [0.5, 0.6) is 0 Å². The van der Waals surface area contributed by atoms with Crippen LogP contribution in [-0.2, 0) is 26.0 Å². The van der Waals surface area contributed by atoms with Crippen molar-refractivity contribution in [2.24, 2.45) is 0 Å². The first-order valence-electron chi connectivity index (χ1n) is 6.66. The number of carbonyl (C=O) groups is 1. The number of hydrogen-bond acceptors (Lipinski definition) is 5. The van der Waals surface area contributed by atoms with Gasteiger partial charge in [0.05, 0.1) is 18.4 Å². The van der Waals surface area contributed by atoms with Gasteiger partial charge in [0.2, 0.25) is 10.0 Å². The molecule has 7 heteroatoms. The van der Waals surface area contributed by atoms with E-state index in [2.05, 4.69) is 4.74 Å². The maximum atomic E-state index is 12.5. The Labute approximate surface area is 129 Å². The summed E-state index contributed by atoms with van der Waals surface area (Å²) in [6.45, 7) is 0. The van der Waals surface area contributed by atoms with E-state index >= 15 is 0 Å². The lowest BCUT2D eigenvalue weighted by atomic mass is 10.2. The molecule has 5 nitrogen and oxygen atoms in total. The molecule has 1 fully saturated rings. The third kappa shape index (κ3) is 3.78. The highest BCUT2D eigenvalue weighted by Crippen LogP contribution is 2.26. The van der Waals surface area contributed by atoms with Gasteiger partial charge < -0.3 is 4.74 Å². The van der Waals surface area contributed by atoms with Crippen LogP contribution in [-0.4, -0.2) is 50.4 Å².